The van der Waals surface area contributed by atoms with Crippen LogP contribution in [0.2, 0.25) is 0 Å². The summed E-state index contributed by atoms with van der Waals surface area (Å²) in [6.45, 7) is 5.19. The predicted molar refractivity (Wildman–Crippen MR) is 104 cm³/mol. The molecule has 0 unspecified atom stereocenters. The lowest BCUT2D eigenvalue weighted by atomic mass is 10.0. The summed E-state index contributed by atoms with van der Waals surface area (Å²) in [4.78, 5) is 24.4. The lowest BCUT2D eigenvalue weighted by molar-refractivity contribution is -0.145. The number of nitrogens with two attached hydrogens (primary N) is 1. The first kappa shape index (κ1) is 22.5. The van der Waals surface area contributed by atoms with Gasteiger partial charge in [-0.1, -0.05) is 18.1 Å². The number of amides is 1. The third-order valence-electron chi connectivity index (χ3n) is 3.86. The average Bonchev–Trinajstić information content (AvgIpc) is 2.64. The average molecular weight is 375 g/mol. The van der Waals surface area contributed by atoms with E-state index < -0.39 is 0 Å². The van der Waals surface area contributed by atoms with Crippen LogP contribution in [0.3, 0.4) is 0 Å². The highest BCUT2D eigenvalue weighted by atomic mass is 16.6. The van der Waals surface area contributed by atoms with Gasteiger partial charge in [0, 0.05) is 12.6 Å². The van der Waals surface area contributed by atoms with E-state index in [-0.39, 0.29) is 31.1 Å². The van der Waals surface area contributed by atoms with Gasteiger partial charge in [0.2, 0.25) is 5.91 Å². The number of likely N-dealkylation sites (N-methyl/N-ethyl adjacent to an activating group) is 1. The number of benzene rings is 1. The topological polar surface area (TPSA) is 93.9 Å². The highest BCUT2D eigenvalue weighted by Crippen LogP contribution is 2.15. The number of rotatable bonds is 12. The van der Waals surface area contributed by atoms with Crippen molar-refractivity contribution in [1.82, 2.24) is 10.2 Å². The molecule has 1 aromatic rings. The summed E-state index contributed by atoms with van der Waals surface area (Å²) in [5, 5.41) is 3.08. The van der Waals surface area contributed by atoms with Gasteiger partial charge in [-0.25, -0.2) is 4.79 Å². The standard InChI is InChI=1S/C20H29N3O4/c1-4-6-11-23(3)17(13-22-14-19(21)24)12-16-7-9-18(10-8-16)27-15-20(25)26-5-2/h7-10,17,22H,5,11-15H2,1-3H3,(H2,21,24)/t17-/m0/s1. The third kappa shape index (κ3) is 9.64. The molecule has 0 bridgehead atoms. The summed E-state index contributed by atoms with van der Waals surface area (Å²) >= 11 is 0. The van der Waals surface area contributed by atoms with Crippen LogP contribution in [-0.2, 0) is 20.7 Å². The number of hydrogen-bond acceptors (Lipinski definition) is 6. The molecular formula is C20H29N3O4. The van der Waals surface area contributed by atoms with Gasteiger partial charge in [-0.3, -0.25) is 9.69 Å². The van der Waals surface area contributed by atoms with E-state index in [0.717, 1.165) is 12.0 Å². The predicted octanol–water partition coefficient (Wildman–Crippen LogP) is 0.570. The van der Waals surface area contributed by atoms with Crippen LogP contribution in [0.25, 0.3) is 0 Å². The molecule has 3 N–H and O–H groups in total. The molecule has 0 spiro atoms. The lowest BCUT2D eigenvalue weighted by Gasteiger charge is -2.27. The van der Waals surface area contributed by atoms with Crippen LogP contribution in [0.15, 0.2) is 24.3 Å². The van der Waals surface area contributed by atoms with Crippen LogP contribution in [-0.4, -0.2) is 62.7 Å². The Hall–Kier alpha value is -2.56. The molecule has 0 fully saturated rings. The van der Waals surface area contributed by atoms with Crippen molar-refractivity contribution in [3.8, 4) is 17.6 Å². The molecule has 7 heteroatoms. The minimum atomic E-state index is -0.388. The number of esters is 1. The number of nitrogens with zero attached hydrogens (tertiary/aromatic N) is 1. The molecule has 0 saturated heterocycles. The van der Waals surface area contributed by atoms with E-state index in [0.29, 0.717) is 25.4 Å². The van der Waals surface area contributed by atoms with Crippen molar-refractivity contribution in [2.75, 3.05) is 39.9 Å². The smallest absolute Gasteiger partial charge is 0.344 e. The second-order valence-corrected chi connectivity index (χ2v) is 6.03. The highest BCUT2D eigenvalue weighted by Gasteiger charge is 2.15. The minimum Gasteiger partial charge on any atom is -0.482 e. The number of carbonyl (C=O) groups excluding carboxylic acids is 2. The Morgan fingerprint density at radius 2 is 2.00 bits per heavy atom. The molecule has 0 aliphatic rings. The van der Waals surface area contributed by atoms with Crippen molar-refractivity contribution in [3.63, 3.8) is 0 Å². The quantitative estimate of drug-likeness (QED) is 0.410. The molecule has 1 rings (SSSR count). The van der Waals surface area contributed by atoms with Gasteiger partial charge in [0.15, 0.2) is 6.61 Å². The van der Waals surface area contributed by atoms with Gasteiger partial charge >= 0.3 is 5.97 Å². The van der Waals surface area contributed by atoms with E-state index in [1.165, 1.54) is 0 Å². The number of hydrogen-bond donors (Lipinski definition) is 2. The molecule has 0 aromatic heterocycles. The third-order valence-corrected chi connectivity index (χ3v) is 3.86. The molecule has 0 radical (unpaired) electrons. The second-order valence-electron chi connectivity index (χ2n) is 6.03. The van der Waals surface area contributed by atoms with Gasteiger partial charge in [-0.2, -0.15) is 0 Å². The van der Waals surface area contributed by atoms with E-state index in [2.05, 4.69) is 22.1 Å². The maximum Gasteiger partial charge on any atom is 0.344 e. The van der Waals surface area contributed by atoms with Crippen LogP contribution in [0.4, 0.5) is 0 Å². The lowest BCUT2D eigenvalue weighted by Crippen LogP contribution is -2.43. The van der Waals surface area contributed by atoms with Crippen LogP contribution >= 0.6 is 0 Å². The molecule has 1 aromatic carbocycles. The zero-order chi connectivity index (χ0) is 20.1. The maximum absolute atomic E-state index is 11.3. The summed E-state index contributed by atoms with van der Waals surface area (Å²) in [5.74, 6) is 5.79. The number of primary amides is 1. The first-order valence-electron chi connectivity index (χ1n) is 8.92. The zero-order valence-corrected chi connectivity index (χ0v) is 16.3. The zero-order valence-electron chi connectivity index (χ0n) is 16.3. The Labute approximate surface area is 161 Å². The fourth-order valence-electron chi connectivity index (χ4n) is 2.42. The van der Waals surface area contributed by atoms with Gasteiger partial charge in [0.25, 0.3) is 0 Å². The molecule has 1 amide bonds. The van der Waals surface area contributed by atoms with Gasteiger partial charge in [0.05, 0.1) is 19.7 Å². The van der Waals surface area contributed by atoms with Crippen molar-refractivity contribution in [2.45, 2.75) is 26.3 Å². The number of ether oxygens (including phenoxy) is 2. The Balaban J connectivity index is 2.65. The Kier molecular flexibility index (Phi) is 10.6. The summed E-state index contributed by atoms with van der Waals surface area (Å²) in [5.41, 5.74) is 6.30. The van der Waals surface area contributed by atoms with Crippen LogP contribution in [0, 0.1) is 11.8 Å². The maximum atomic E-state index is 11.3. The number of carbonyl (C=O) groups is 2. The molecule has 0 aliphatic carbocycles. The SMILES string of the molecule is CC#CCN(C)[C@H](CNCC(N)=O)Cc1ccc(OCC(=O)OCC)cc1. The van der Waals surface area contributed by atoms with Crippen molar-refractivity contribution in [2.24, 2.45) is 5.73 Å². The van der Waals surface area contributed by atoms with Crippen molar-refractivity contribution in [3.05, 3.63) is 29.8 Å². The Morgan fingerprint density at radius 1 is 1.30 bits per heavy atom. The first-order chi connectivity index (χ1) is 13.0. The van der Waals surface area contributed by atoms with Crippen LogP contribution in [0.5, 0.6) is 5.75 Å². The first-order valence-corrected chi connectivity index (χ1v) is 8.92. The van der Waals surface area contributed by atoms with Crippen molar-refractivity contribution < 1.29 is 19.1 Å². The highest BCUT2D eigenvalue weighted by molar-refractivity contribution is 5.75. The molecule has 0 heterocycles. The molecular weight excluding hydrogens is 346 g/mol. The largest absolute Gasteiger partial charge is 0.482 e. The normalized spacial score (nSPS) is 11.4. The monoisotopic (exact) mass is 375 g/mol. The molecule has 1 atom stereocenters. The number of nitrogens with one attached hydrogen (secondary N) is 1. The van der Waals surface area contributed by atoms with Gasteiger partial charge in [-0.15, -0.1) is 5.92 Å². The van der Waals surface area contributed by atoms with Crippen LogP contribution in [0.1, 0.15) is 19.4 Å². The molecule has 148 valence electrons. The summed E-state index contributed by atoms with van der Waals surface area (Å²) in [6.07, 6.45) is 0.770. The van der Waals surface area contributed by atoms with E-state index in [4.69, 9.17) is 15.2 Å². The minimum absolute atomic E-state index is 0.106. The van der Waals surface area contributed by atoms with Crippen molar-refractivity contribution >= 4 is 11.9 Å². The molecule has 7 nitrogen and oxygen atoms in total. The summed E-state index contributed by atoms with van der Waals surface area (Å²) in [7, 11) is 2.00. The van der Waals surface area contributed by atoms with Gasteiger partial charge < -0.3 is 20.5 Å². The summed E-state index contributed by atoms with van der Waals surface area (Å²) < 4.78 is 10.2. The van der Waals surface area contributed by atoms with Gasteiger partial charge in [0.1, 0.15) is 5.75 Å². The van der Waals surface area contributed by atoms with Gasteiger partial charge in [-0.05, 0) is 45.0 Å². The second kappa shape index (κ2) is 12.7. The molecule has 0 aliphatic heterocycles. The Bertz CT molecular complexity index is 649. The Morgan fingerprint density at radius 3 is 2.59 bits per heavy atom. The van der Waals surface area contributed by atoms with E-state index >= 15 is 0 Å². The van der Waals surface area contributed by atoms with E-state index in [9.17, 15) is 9.59 Å². The summed E-state index contributed by atoms with van der Waals surface area (Å²) in [6, 6.07) is 7.72. The fraction of sp³-hybridized carbons (Fsp3) is 0.500. The van der Waals surface area contributed by atoms with E-state index in [1.54, 1.807) is 6.92 Å². The molecule has 27 heavy (non-hydrogen) atoms. The van der Waals surface area contributed by atoms with E-state index in [1.807, 2.05) is 38.2 Å². The van der Waals surface area contributed by atoms with Crippen LogP contribution < -0.4 is 15.8 Å². The fourth-order valence-corrected chi connectivity index (χ4v) is 2.42. The van der Waals surface area contributed by atoms with Crippen molar-refractivity contribution in [1.29, 1.82) is 0 Å². The molecule has 0 saturated carbocycles.